The molecule has 0 spiro atoms. The average Bonchev–Trinajstić information content (AvgIpc) is 2.64. The van der Waals surface area contributed by atoms with Crippen LogP contribution in [0.2, 0.25) is 0 Å². The molecule has 0 aliphatic rings. The molecule has 0 saturated carbocycles. The molecule has 2 aromatic carbocycles. The third-order valence-electron chi connectivity index (χ3n) is 3.96. The normalized spacial score (nSPS) is 10.7. The largest absolute Gasteiger partial charge is 0.490 e. The highest BCUT2D eigenvalue weighted by Crippen LogP contribution is 2.27. The predicted octanol–water partition coefficient (Wildman–Crippen LogP) is 3.75. The van der Waals surface area contributed by atoms with Crippen molar-refractivity contribution in [2.45, 2.75) is 46.6 Å². The predicted molar refractivity (Wildman–Crippen MR) is 109 cm³/mol. The highest BCUT2D eigenvalue weighted by molar-refractivity contribution is 5.97. The van der Waals surface area contributed by atoms with E-state index in [1.54, 1.807) is 24.3 Å². The summed E-state index contributed by atoms with van der Waals surface area (Å²) in [6.45, 7) is 9.65. The fourth-order valence-corrected chi connectivity index (χ4v) is 2.63. The van der Waals surface area contributed by atoms with Gasteiger partial charge in [0.25, 0.3) is 11.8 Å². The van der Waals surface area contributed by atoms with Crippen molar-refractivity contribution in [2.75, 3.05) is 6.61 Å². The first-order valence-electron chi connectivity index (χ1n) is 9.36. The van der Waals surface area contributed by atoms with Crippen LogP contribution in [0.4, 0.5) is 0 Å². The van der Waals surface area contributed by atoms with Crippen LogP contribution in [0.3, 0.4) is 0 Å². The number of hydrazine groups is 1. The van der Waals surface area contributed by atoms with E-state index in [2.05, 4.69) is 24.7 Å². The van der Waals surface area contributed by atoms with Crippen LogP contribution < -0.4 is 20.3 Å². The molecule has 0 saturated heterocycles. The number of amides is 2. The third kappa shape index (κ3) is 6.01. The molecule has 6 heteroatoms. The average molecular weight is 384 g/mol. The number of hydrogen-bond donors (Lipinski definition) is 2. The molecule has 0 fully saturated rings. The number of benzene rings is 2. The fraction of sp³-hybridized carbons (Fsp3) is 0.364. The van der Waals surface area contributed by atoms with Crippen LogP contribution in [0.1, 0.15) is 55.1 Å². The molecule has 0 bridgehead atoms. The van der Waals surface area contributed by atoms with Crippen LogP contribution in [0.25, 0.3) is 0 Å². The Morgan fingerprint density at radius 1 is 0.964 bits per heavy atom. The molecular weight excluding hydrogens is 356 g/mol. The molecule has 2 aromatic rings. The topological polar surface area (TPSA) is 76.7 Å². The van der Waals surface area contributed by atoms with Crippen LogP contribution in [0.15, 0.2) is 42.5 Å². The standard InChI is InChI=1S/C22H28N2O4/c1-14(2)17-11-10-16(5)12-20(17)27-13-21(25)23-24-22(26)18-8-6-7-9-19(18)28-15(3)4/h6-12,14-15H,13H2,1-5H3,(H,23,25)(H,24,26). The maximum Gasteiger partial charge on any atom is 0.276 e. The van der Waals surface area contributed by atoms with Gasteiger partial charge in [0.2, 0.25) is 0 Å². The summed E-state index contributed by atoms with van der Waals surface area (Å²) in [4.78, 5) is 24.5. The second-order valence-corrected chi connectivity index (χ2v) is 7.15. The van der Waals surface area contributed by atoms with Crippen molar-refractivity contribution < 1.29 is 19.1 Å². The molecule has 0 atom stereocenters. The minimum atomic E-state index is -0.456. The van der Waals surface area contributed by atoms with Gasteiger partial charge in [-0.25, -0.2) is 0 Å². The zero-order valence-electron chi connectivity index (χ0n) is 17.0. The van der Waals surface area contributed by atoms with Crippen molar-refractivity contribution >= 4 is 11.8 Å². The van der Waals surface area contributed by atoms with Crippen LogP contribution in [-0.2, 0) is 4.79 Å². The Morgan fingerprint density at radius 2 is 1.68 bits per heavy atom. The Morgan fingerprint density at radius 3 is 2.36 bits per heavy atom. The minimum absolute atomic E-state index is 0.0681. The highest BCUT2D eigenvalue weighted by Gasteiger charge is 2.15. The molecule has 2 N–H and O–H groups in total. The molecule has 2 rings (SSSR count). The number of ether oxygens (including phenoxy) is 2. The summed E-state index contributed by atoms with van der Waals surface area (Å²) >= 11 is 0. The summed E-state index contributed by atoms with van der Waals surface area (Å²) in [5, 5.41) is 0. The molecular formula is C22H28N2O4. The first kappa shape index (κ1) is 21.3. The van der Waals surface area contributed by atoms with E-state index >= 15 is 0 Å². The maximum absolute atomic E-state index is 12.4. The quantitative estimate of drug-likeness (QED) is 0.713. The van der Waals surface area contributed by atoms with E-state index in [1.165, 1.54) is 0 Å². The van der Waals surface area contributed by atoms with E-state index in [0.717, 1.165) is 11.1 Å². The number of carbonyl (C=O) groups is 2. The number of carbonyl (C=O) groups excluding carboxylic acids is 2. The summed E-state index contributed by atoms with van der Waals surface area (Å²) < 4.78 is 11.3. The van der Waals surface area contributed by atoms with Gasteiger partial charge in [0.05, 0.1) is 11.7 Å². The summed E-state index contributed by atoms with van der Waals surface area (Å²) in [6.07, 6.45) is -0.0681. The Balaban J connectivity index is 1.93. The lowest BCUT2D eigenvalue weighted by Crippen LogP contribution is -2.44. The first-order chi connectivity index (χ1) is 13.3. The molecule has 0 unspecified atom stereocenters. The summed E-state index contributed by atoms with van der Waals surface area (Å²) in [6, 6.07) is 12.8. The zero-order chi connectivity index (χ0) is 20.7. The van der Waals surface area contributed by atoms with E-state index in [9.17, 15) is 9.59 Å². The molecule has 150 valence electrons. The summed E-state index contributed by atoms with van der Waals surface area (Å²) in [5.74, 6) is 0.500. The summed E-state index contributed by atoms with van der Waals surface area (Å²) in [5.41, 5.74) is 7.20. The van der Waals surface area contributed by atoms with Crippen molar-refractivity contribution in [1.82, 2.24) is 10.9 Å². The van der Waals surface area contributed by atoms with Gasteiger partial charge >= 0.3 is 0 Å². The van der Waals surface area contributed by atoms with Crippen LogP contribution in [0, 0.1) is 6.92 Å². The lowest BCUT2D eigenvalue weighted by molar-refractivity contribution is -0.123. The van der Waals surface area contributed by atoms with Crippen LogP contribution >= 0.6 is 0 Å². The van der Waals surface area contributed by atoms with Gasteiger partial charge in [0.15, 0.2) is 6.61 Å². The second-order valence-electron chi connectivity index (χ2n) is 7.15. The molecule has 0 radical (unpaired) electrons. The fourth-order valence-electron chi connectivity index (χ4n) is 2.63. The lowest BCUT2D eigenvalue weighted by atomic mass is 10.0. The second kappa shape index (κ2) is 9.78. The van der Waals surface area contributed by atoms with Gasteiger partial charge in [0, 0.05) is 0 Å². The molecule has 0 aliphatic carbocycles. The molecule has 0 aliphatic heterocycles. The van der Waals surface area contributed by atoms with E-state index in [1.807, 2.05) is 39.0 Å². The lowest BCUT2D eigenvalue weighted by Gasteiger charge is -2.16. The Labute approximate surface area is 166 Å². The zero-order valence-corrected chi connectivity index (χ0v) is 17.0. The smallest absolute Gasteiger partial charge is 0.276 e. The SMILES string of the molecule is Cc1ccc(C(C)C)c(OCC(=O)NNC(=O)c2ccccc2OC(C)C)c1. The first-order valence-corrected chi connectivity index (χ1v) is 9.36. The molecule has 6 nitrogen and oxygen atoms in total. The molecule has 0 heterocycles. The molecule has 28 heavy (non-hydrogen) atoms. The minimum Gasteiger partial charge on any atom is -0.490 e. The Bertz CT molecular complexity index is 831. The Hall–Kier alpha value is -3.02. The monoisotopic (exact) mass is 384 g/mol. The molecule has 0 aromatic heterocycles. The van der Waals surface area contributed by atoms with E-state index in [4.69, 9.17) is 9.47 Å². The van der Waals surface area contributed by atoms with Crippen LogP contribution in [0.5, 0.6) is 11.5 Å². The van der Waals surface area contributed by atoms with Gasteiger partial charge in [-0.3, -0.25) is 20.4 Å². The van der Waals surface area contributed by atoms with Gasteiger partial charge in [-0.05, 0) is 56.0 Å². The van der Waals surface area contributed by atoms with Crippen molar-refractivity contribution in [1.29, 1.82) is 0 Å². The maximum atomic E-state index is 12.4. The van der Waals surface area contributed by atoms with Gasteiger partial charge in [-0.1, -0.05) is 38.1 Å². The van der Waals surface area contributed by atoms with Crippen molar-refractivity contribution in [3.8, 4) is 11.5 Å². The van der Waals surface area contributed by atoms with Crippen molar-refractivity contribution in [3.63, 3.8) is 0 Å². The van der Waals surface area contributed by atoms with E-state index in [0.29, 0.717) is 17.1 Å². The third-order valence-corrected chi connectivity index (χ3v) is 3.96. The van der Waals surface area contributed by atoms with Crippen molar-refractivity contribution in [2.24, 2.45) is 0 Å². The Kier molecular flexibility index (Phi) is 7.44. The molecule has 2 amide bonds. The highest BCUT2D eigenvalue weighted by atomic mass is 16.5. The van der Waals surface area contributed by atoms with Crippen molar-refractivity contribution in [3.05, 3.63) is 59.2 Å². The van der Waals surface area contributed by atoms with E-state index < -0.39 is 11.8 Å². The number of para-hydroxylation sites is 1. The van der Waals surface area contributed by atoms with E-state index in [-0.39, 0.29) is 18.6 Å². The summed E-state index contributed by atoms with van der Waals surface area (Å²) in [7, 11) is 0. The number of aryl methyl sites for hydroxylation is 1. The van der Waals surface area contributed by atoms with Crippen LogP contribution in [-0.4, -0.2) is 24.5 Å². The van der Waals surface area contributed by atoms with Gasteiger partial charge in [0.1, 0.15) is 11.5 Å². The number of hydrogen-bond acceptors (Lipinski definition) is 4. The number of nitrogens with one attached hydrogen (secondary N) is 2. The van der Waals surface area contributed by atoms with Gasteiger partial charge < -0.3 is 9.47 Å². The van der Waals surface area contributed by atoms with Gasteiger partial charge in [-0.2, -0.15) is 0 Å². The number of rotatable bonds is 7. The van der Waals surface area contributed by atoms with Gasteiger partial charge in [-0.15, -0.1) is 0 Å².